The van der Waals surface area contributed by atoms with Crippen LogP contribution in [0.2, 0.25) is 0 Å². The number of hydrogen-bond acceptors (Lipinski definition) is 3. The minimum Gasteiger partial charge on any atom is -0.443 e. The lowest BCUT2D eigenvalue weighted by molar-refractivity contribution is 0.0584. The third-order valence-corrected chi connectivity index (χ3v) is 3.47. The maximum Gasteiger partial charge on any atom is 0.415 e. The first kappa shape index (κ1) is 14.3. The molecule has 17 heavy (non-hydrogen) atoms. The highest BCUT2D eigenvalue weighted by atomic mass is 79.9. The Labute approximate surface area is 114 Å². The molecule has 0 N–H and O–H groups in total. The normalized spacial score (nSPS) is 11.1. The third kappa shape index (κ3) is 4.16. The highest BCUT2D eigenvalue weighted by Crippen LogP contribution is 2.32. The van der Waals surface area contributed by atoms with Crippen LogP contribution >= 0.6 is 27.3 Å². The van der Waals surface area contributed by atoms with E-state index in [4.69, 9.17) is 4.74 Å². The molecule has 0 aliphatic carbocycles. The Morgan fingerprint density at radius 2 is 2.29 bits per heavy atom. The number of halogens is 1. The Morgan fingerprint density at radius 1 is 1.65 bits per heavy atom. The first-order valence-corrected chi connectivity index (χ1v) is 6.87. The summed E-state index contributed by atoms with van der Waals surface area (Å²) in [5.74, 6) is 0. The van der Waals surface area contributed by atoms with Crippen LogP contribution in [0.1, 0.15) is 20.8 Å². The van der Waals surface area contributed by atoms with Gasteiger partial charge in [-0.15, -0.1) is 17.9 Å². The van der Waals surface area contributed by atoms with Crippen LogP contribution in [0.4, 0.5) is 10.5 Å². The number of rotatable bonds is 3. The topological polar surface area (TPSA) is 29.5 Å². The zero-order valence-corrected chi connectivity index (χ0v) is 12.6. The van der Waals surface area contributed by atoms with Gasteiger partial charge in [-0.2, -0.15) is 0 Å². The first-order valence-electron chi connectivity index (χ1n) is 5.19. The van der Waals surface area contributed by atoms with E-state index in [1.807, 2.05) is 32.2 Å². The van der Waals surface area contributed by atoms with Crippen molar-refractivity contribution >= 4 is 39.0 Å². The fourth-order valence-corrected chi connectivity index (χ4v) is 2.48. The predicted octanol–water partition coefficient (Wildman–Crippen LogP) is 4.44. The number of carbonyl (C=O) groups is 1. The molecule has 1 rings (SSSR count). The van der Waals surface area contributed by atoms with Crippen molar-refractivity contribution in [2.45, 2.75) is 26.4 Å². The summed E-state index contributed by atoms with van der Waals surface area (Å²) < 4.78 is 6.26. The molecule has 3 nitrogen and oxygen atoms in total. The number of carbonyl (C=O) groups excluding carboxylic acids is 1. The van der Waals surface area contributed by atoms with Crippen molar-refractivity contribution < 1.29 is 9.53 Å². The van der Waals surface area contributed by atoms with Gasteiger partial charge in [0.15, 0.2) is 0 Å². The SMILES string of the molecule is C=CCN(C(=O)OC(C)(C)C)c1ccsc1Br. The summed E-state index contributed by atoms with van der Waals surface area (Å²) >= 11 is 4.95. The highest BCUT2D eigenvalue weighted by molar-refractivity contribution is 9.11. The van der Waals surface area contributed by atoms with Crippen LogP contribution in [0, 0.1) is 0 Å². The van der Waals surface area contributed by atoms with Gasteiger partial charge in [-0.1, -0.05) is 6.08 Å². The average molecular weight is 318 g/mol. The second-order valence-corrected chi connectivity index (χ2v) is 6.69. The molecule has 0 aromatic carbocycles. The van der Waals surface area contributed by atoms with E-state index >= 15 is 0 Å². The number of anilines is 1. The van der Waals surface area contributed by atoms with Gasteiger partial charge in [-0.05, 0) is 48.1 Å². The Kier molecular flexibility index (Phi) is 4.77. The van der Waals surface area contributed by atoms with Gasteiger partial charge in [-0.25, -0.2) is 4.79 Å². The number of hydrogen-bond donors (Lipinski definition) is 0. The number of ether oxygens (including phenoxy) is 1. The van der Waals surface area contributed by atoms with Gasteiger partial charge in [0.1, 0.15) is 5.60 Å². The van der Waals surface area contributed by atoms with E-state index in [2.05, 4.69) is 22.5 Å². The van der Waals surface area contributed by atoms with Crippen molar-refractivity contribution in [3.63, 3.8) is 0 Å². The summed E-state index contributed by atoms with van der Waals surface area (Å²) in [5, 5.41) is 1.92. The molecule has 0 aliphatic heterocycles. The number of thiophene rings is 1. The van der Waals surface area contributed by atoms with Crippen molar-refractivity contribution in [3.05, 3.63) is 27.9 Å². The van der Waals surface area contributed by atoms with E-state index in [-0.39, 0.29) is 6.09 Å². The Bertz CT molecular complexity index is 409. The summed E-state index contributed by atoms with van der Waals surface area (Å²) in [5.41, 5.74) is 0.308. The predicted molar refractivity (Wildman–Crippen MR) is 75.8 cm³/mol. The lowest BCUT2D eigenvalue weighted by atomic mass is 10.2. The summed E-state index contributed by atoms with van der Waals surface area (Å²) in [7, 11) is 0. The Balaban J connectivity index is 2.90. The van der Waals surface area contributed by atoms with Gasteiger partial charge in [0, 0.05) is 6.54 Å². The zero-order valence-electron chi connectivity index (χ0n) is 10.2. The molecule has 0 unspecified atom stereocenters. The second-order valence-electron chi connectivity index (χ2n) is 4.46. The molecular formula is C12H16BrNO2S. The summed E-state index contributed by atoms with van der Waals surface area (Å²) in [6.45, 7) is 9.62. The fourth-order valence-electron chi connectivity index (χ4n) is 1.20. The van der Waals surface area contributed by atoms with Crippen molar-refractivity contribution in [2.24, 2.45) is 0 Å². The molecule has 0 atom stereocenters. The highest BCUT2D eigenvalue weighted by Gasteiger charge is 2.24. The van der Waals surface area contributed by atoms with E-state index < -0.39 is 5.60 Å². The van der Waals surface area contributed by atoms with Crippen LogP contribution in [0.5, 0.6) is 0 Å². The molecule has 94 valence electrons. The molecule has 1 aromatic heterocycles. The first-order chi connectivity index (χ1) is 7.85. The van der Waals surface area contributed by atoms with E-state index in [0.717, 1.165) is 9.47 Å². The third-order valence-electron chi connectivity index (χ3n) is 1.82. The van der Waals surface area contributed by atoms with Crippen LogP contribution in [0.15, 0.2) is 27.9 Å². The quantitative estimate of drug-likeness (QED) is 0.771. The lowest BCUT2D eigenvalue weighted by Crippen LogP contribution is -2.36. The minimum absolute atomic E-state index is 0.364. The molecule has 1 heterocycles. The van der Waals surface area contributed by atoms with Gasteiger partial charge in [0.05, 0.1) is 9.47 Å². The Hall–Kier alpha value is -0.810. The standard InChI is InChI=1S/C12H16BrNO2S/c1-5-7-14(9-6-8-17-10(9)13)11(15)16-12(2,3)4/h5-6,8H,1,7H2,2-4H3. The molecule has 0 saturated heterocycles. The lowest BCUT2D eigenvalue weighted by Gasteiger charge is -2.26. The van der Waals surface area contributed by atoms with E-state index in [1.54, 1.807) is 11.0 Å². The van der Waals surface area contributed by atoms with Crippen LogP contribution in [-0.2, 0) is 4.74 Å². The van der Waals surface area contributed by atoms with Crippen molar-refractivity contribution in [1.82, 2.24) is 0 Å². The van der Waals surface area contributed by atoms with Crippen LogP contribution in [0.25, 0.3) is 0 Å². The molecule has 0 radical (unpaired) electrons. The van der Waals surface area contributed by atoms with E-state index in [1.165, 1.54) is 11.3 Å². The van der Waals surface area contributed by atoms with Crippen LogP contribution < -0.4 is 4.90 Å². The maximum atomic E-state index is 12.0. The largest absolute Gasteiger partial charge is 0.443 e. The van der Waals surface area contributed by atoms with E-state index in [0.29, 0.717) is 6.54 Å². The van der Waals surface area contributed by atoms with Gasteiger partial charge in [-0.3, -0.25) is 4.90 Å². The summed E-state index contributed by atoms with van der Waals surface area (Å²) in [4.78, 5) is 13.6. The molecule has 1 amide bonds. The maximum absolute atomic E-state index is 12.0. The number of amides is 1. The van der Waals surface area contributed by atoms with Gasteiger partial charge in [0.2, 0.25) is 0 Å². The van der Waals surface area contributed by atoms with Crippen LogP contribution in [0.3, 0.4) is 0 Å². The van der Waals surface area contributed by atoms with E-state index in [9.17, 15) is 4.79 Å². The Morgan fingerprint density at radius 3 is 2.71 bits per heavy atom. The average Bonchev–Trinajstić information content (AvgIpc) is 2.58. The monoisotopic (exact) mass is 317 g/mol. The van der Waals surface area contributed by atoms with Crippen molar-refractivity contribution in [2.75, 3.05) is 11.4 Å². The van der Waals surface area contributed by atoms with Gasteiger partial charge < -0.3 is 4.74 Å². The summed E-state index contributed by atoms with van der Waals surface area (Å²) in [6, 6.07) is 1.88. The molecule has 0 aliphatic rings. The molecule has 0 spiro atoms. The molecule has 0 bridgehead atoms. The summed E-state index contributed by atoms with van der Waals surface area (Å²) in [6.07, 6.45) is 1.31. The van der Waals surface area contributed by atoms with Crippen molar-refractivity contribution in [1.29, 1.82) is 0 Å². The van der Waals surface area contributed by atoms with Crippen LogP contribution in [-0.4, -0.2) is 18.2 Å². The van der Waals surface area contributed by atoms with Gasteiger partial charge in [0.25, 0.3) is 0 Å². The van der Waals surface area contributed by atoms with Gasteiger partial charge >= 0.3 is 6.09 Å². The number of nitrogens with zero attached hydrogens (tertiary/aromatic N) is 1. The minimum atomic E-state index is -0.501. The smallest absolute Gasteiger partial charge is 0.415 e. The fraction of sp³-hybridized carbons (Fsp3) is 0.417. The molecule has 5 heteroatoms. The molecule has 1 aromatic rings. The molecular weight excluding hydrogens is 302 g/mol. The molecule has 0 fully saturated rings. The zero-order chi connectivity index (χ0) is 13.1. The van der Waals surface area contributed by atoms with Crippen molar-refractivity contribution in [3.8, 4) is 0 Å². The molecule has 0 saturated carbocycles. The second kappa shape index (κ2) is 5.69.